The number of para-hydroxylation sites is 1. The molecule has 0 bridgehead atoms. The third kappa shape index (κ3) is 3.67. The number of carbonyl (C=O) groups excluding carboxylic acids is 1. The van der Waals surface area contributed by atoms with Gasteiger partial charge in [-0.05, 0) is 24.6 Å². The average Bonchev–Trinajstić information content (AvgIpc) is 2.69. The van der Waals surface area contributed by atoms with Crippen molar-refractivity contribution in [2.45, 2.75) is 44.8 Å². The second kappa shape index (κ2) is 7.40. The van der Waals surface area contributed by atoms with Crippen LogP contribution in [0.2, 0.25) is 0 Å². The Balaban J connectivity index is 1.70. The molecular formula is C23H27N3O2. The van der Waals surface area contributed by atoms with Gasteiger partial charge in [-0.1, -0.05) is 42.0 Å². The third-order valence-corrected chi connectivity index (χ3v) is 5.92. The normalized spacial score (nSPS) is 21.4. The molecule has 0 saturated carbocycles. The van der Waals surface area contributed by atoms with E-state index in [4.69, 9.17) is 4.99 Å². The van der Waals surface area contributed by atoms with Crippen molar-refractivity contribution in [2.75, 3.05) is 13.1 Å². The number of nitrogens with zero attached hydrogens (tertiary/aromatic N) is 2. The van der Waals surface area contributed by atoms with E-state index in [0.717, 1.165) is 30.5 Å². The van der Waals surface area contributed by atoms with Gasteiger partial charge in [0.05, 0.1) is 0 Å². The van der Waals surface area contributed by atoms with E-state index in [1.54, 1.807) is 13.0 Å². The lowest BCUT2D eigenvalue weighted by atomic mass is 9.87. The third-order valence-electron chi connectivity index (χ3n) is 5.92. The van der Waals surface area contributed by atoms with Crippen LogP contribution in [-0.4, -0.2) is 40.4 Å². The first-order valence-electron chi connectivity index (χ1n) is 9.93. The monoisotopic (exact) mass is 377 g/mol. The first-order chi connectivity index (χ1) is 13.5. The molecule has 1 fully saturated rings. The highest BCUT2D eigenvalue weighted by Crippen LogP contribution is 2.36. The molecule has 1 unspecified atom stereocenters. The molecule has 5 heteroatoms. The minimum atomic E-state index is -0.405. The van der Waals surface area contributed by atoms with Gasteiger partial charge in [0.1, 0.15) is 11.4 Å². The van der Waals surface area contributed by atoms with Gasteiger partial charge in [0.2, 0.25) is 5.91 Å². The summed E-state index contributed by atoms with van der Waals surface area (Å²) in [5, 5.41) is 14.2. The Bertz CT molecular complexity index is 896. The van der Waals surface area contributed by atoms with E-state index in [-0.39, 0.29) is 17.7 Å². The number of rotatable bonds is 2. The number of phenolic OH excluding ortho intramolecular Hbond substituents is 1. The molecule has 1 atom stereocenters. The molecule has 0 aromatic heterocycles. The zero-order valence-corrected chi connectivity index (χ0v) is 16.5. The second-order valence-corrected chi connectivity index (χ2v) is 7.93. The van der Waals surface area contributed by atoms with Crippen LogP contribution in [0, 0.1) is 6.92 Å². The number of carbonyl (C=O) groups is 1. The van der Waals surface area contributed by atoms with Gasteiger partial charge in [-0.25, -0.2) is 0 Å². The molecule has 0 aliphatic carbocycles. The van der Waals surface area contributed by atoms with Crippen molar-refractivity contribution in [2.24, 2.45) is 4.99 Å². The summed E-state index contributed by atoms with van der Waals surface area (Å²) in [5.74, 6) is 0.382. The summed E-state index contributed by atoms with van der Waals surface area (Å²) < 4.78 is 0. The number of aliphatic imine (C=N–C) groups is 1. The number of hydrogen-bond acceptors (Lipinski definition) is 4. The highest BCUT2D eigenvalue weighted by molar-refractivity contribution is 6.03. The molecule has 2 aliphatic heterocycles. The van der Waals surface area contributed by atoms with Gasteiger partial charge in [-0.2, -0.15) is 0 Å². The number of benzene rings is 2. The van der Waals surface area contributed by atoms with Crippen LogP contribution in [0.1, 0.15) is 48.9 Å². The van der Waals surface area contributed by atoms with Crippen LogP contribution in [0.3, 0.4) is 0 Å². The van der Waals surface area contributed by atoms with Gasteiger partial charge in [0.15, 0.2) is 0 Å². The van der Waals surface area contributed by atoms with Gasteiger partial charge in [-0.15, -0.1) is 0 Å². The summed E-state index contributed by atoms with van der Waals surface area (Å²) in [6.45, 7) is 5.10. The van der Waals surface area contributed by atoms with Gasteiger partial charge >= 0.3 is 0 Å². The van der Waals surface area contributed by atoms with E-state index in [9.17, 15) is 9.90 Å². The van der Waals surface area contributed by atoms with Crippen LogP contribution in [-0.2, 0) is 4.79 Å². The van der Waals surface area contributed by atoms with Gasteiger partial charge in [0.25, 0.3) is 0 Å². The summed E-state index contributed by atoms with van der Waals surface area (Å²) in [4.78, 5) is 18.7. The number of piperidine rings is 1. The summed E-state index contributed by atoms with van der Waals surface area (Å²) in [6, 6.07) is 16.1. The van der Waals surface area contributed by atoms with Crippen molar-refractivity contribution in [3.8, 4) is 5.75 Å². The van der Waals surface area contributed by atoms with E-state index in [1.807, 2.05) is 23.1 Å². The van der Waals surface area contributed by atoms with Crippen molar-refractivity contribution < 1.29 is 9.90 Å². The first-order valence-corrected chi connectivity index (χ1v) is 9.93. The van der Waals surface area contributed by atoms with E-state index < -0.39 is 5.66 Å². The average molecular weight is 377 g/mol. The van der Waals surface area contributed by atoms with Gasteiger partial charge in [0, 0.05) is 56.6 Å². The maximum atomic E-state index is 11.8. The number of nitrogens with one attached hydrogen (secondary N) is 1. The fraction of sp³-hybridized carbons (Fsp3) is 0.391. The molecule has 0 radical (unpaired) electrons. The minimum absolute atomic E-state index is 0.116. The number of hydrogen-bond donors (Lipinski definition) is 2. The molecule has 4 rings (SSSR count). The first kappa shape index (κ1) is 18.7. The second-order valence-electron chi connectivity index (χ2n) is 7.93. The summed E-state index contributed by atoms with van der Waals surface area (Å²) in [5.41, 5.74) is 3.78. The maximum absolute atomic E-state index is 11.8. The molecule has 146 valence electrons. The predicted octanol–water partition coefficient (Wildman–Crippen LogP) is 3.56. The minimum Gasteiger partial charge on any atom is -0.507 e. The number of aromatic hydroxyl groups is 1. The Labute approximate surface area is 166 Å². The smallest absolute Gasteiger partial charge is 0.219 e. The van der Waals surface area contributed by atoms with Crippen molar-refractivity contribution in [1.82, 2.24) is 10.2 Å². The Hall–Kier alpha value is -2.66. The van der Waals surface area contributed by atoms with Crippen LogP contribution in [0.15, 0.2) is 53.5 Å². The molecule has 2 aromatic rings. The lowest BCUT2D eigenvalue weighted by Crippen LogP contribution is -2.56. The Kier molecular flexibility index (Phi) is 4.94. The van der Waals surface area contributed by atoms with Gasteiger partial charge < -0.3 is 10.0 Å². The van der Waals surface area contributed by atoms with Crippen molar-refractivity contribution >= 4 is 11.6 Å². The van der Waals surface area contributed by atoms with Crippen molar-refractivity contribution in [3.05, 3.63) is 65.2 Å². The fourth-order valence-electron chi connectivity index (χ4n) is 4.24. The molecule has 2 aliphatic rings. The van der Waals surface area contributed by atoms with Crippen molar-refractivity contribution in [3.63, 3.8) is 0 Å². The van der Waals surface area contributed by atoms with Crippen molar-refractivity contribution in [1.29, 1.82) is 0 Å². The maximum Gasteiger partial charge on any atom is 0.219 e. The SMILES string of the molecule is CC(=O)N1CCC2(CC1)N=C(c1ccccc1O)CC(c1ccc(C)cc1)N2. The summed E-state index contributed by atoms with van der Waals surface area (Å²) >= 11 is 0. The molecule has 2 aromatic carbocycles. The van der Waals surface area contributed by atoms with Crippen LogP contribution in [0.5, 0.6) is 5.75 Å². The fourth-order valence-corrected chi connectivity index (χ4v) is 4.24. The van der Waals surface area contributed by atoms with Crippen LogP contribution in [0.4, 0.5) is 0 Å². The molecule has 28 heavy (non-hydrogen) atoms. The largest absolute Gasteiger partial charge is 0.507 e. The highest BCUT2D eigenvalue weighted by atomic mass is 16.3. The quantitative estimate of drug-likeness (QED) is 0.841. The summed E-state index contributed by atoms with van der Waals surface area (Å²) in [6.07, 6.45) is 2.26. The standard InChI is InChI=1S/C23H27N3O2/c1-16-7-9-18(10-8-16)20-15-21(19-5-3-4-6-22(19)28)25-23(24-20)11-13-26(14-12-23)17(2)27/h3-10,20,24,28H,11-15H2,1-2H3. The van der Waals surface area contributed by atoms with E-state index in [2.05, 4.69) is 36.5 Å². The molecule has 2 N–H and O–H groups in total. The lowest BCUT2D eigenvalue weighted by Gasteiger charge is -2.45. The van der Waals surface area contributed by atoms with E-state index in [0.29, 0.717) is 13.1 Å². The van der Waals surface area contributed by atoms with Crippen LogP contribution < -0.4 is 5.32 Å². The summed E-state index contributed by atoms with van der Waals surface area (Å²) in [7, 11) is 0. The molecule has 1 spiro atoms. The van der Waals surface area contributed by atoms with Crippen LogP contribution in [0.25, 0.3) is 0 Å². The number of likely N-dealkylation sites (tertiary alicyclic amines) is 1. The Morgan fingerprint density at radius 1 is 1.14 bits per heavy atom. The van der Waals surface area contributed by atoms with Crippen LogP contribution >= 0.6 is 0 Å². The van der Waals surface area contributed by atoms with E-state index in [1.165, 1.54) is 11.1 Å². The molecule has 1 saturated heterocycles. The zero-order chi connectivity index (χ0) is 19.7. The van der Waals surface area contributed by atoms with E-state index >= 15 is 0 Å². The Morgan fingerprint density at radius 2 is 1.82 bits per heavy atom. The molecular weight excluding hydrogens is 350 g/mol. The lowest BCUT2D eigenvalue weighted by molar-refractivity contribution is -0.130. The number of aryl methyl sites for hydroxylation is 1. The zero-order valence-electron chi connectivity index (χ0n) is 16.5. The molecule has 1 amide bonds. The topological polar surface area (TPSA) is 64.9 Å². The molecule has 2 heterocycles. The molecule has 5 nitrogen and oxygen atoms in total. The number of amides is 1. The Morgan fingerprint density at radius 3 is 2.46 bits per heavy atom. The number of phenols is 1. The predicted molar refractivity (Wildman–Crippen MR) is 111 cm³/mol. The highest BCUT2D eigenvalue weighted by Gasteiger charge is 2.40. The van der Waals surface area contributed by atoms with Gasteiger partial charge in [-0.3, -0.25) is 15.1 Å².